The maximum Gasteiger partial charge on any atom is 0.234 e. The number of ketones is 2. The van der Waals surface area contributed by atoms with Crippen LogP contribution >= 0.6 is 0 Å². The third kappa shape index (κ3) is 2.14. The third-order valence-corrected chi connectivity index (χ3v) is 4.50. The highest BCUT2D eigenvalue weighted by atomic mass is 16.1. The number of nitrogens with zero attached hydrogens (tertiary/aromatic N) is 2. The van der Waals surface area contributed by atoms with Gasteiger partial charge in [0.2, 0.25) is 11.5 Å². The fraction of sp³-hybridized carbons (Fsp3) is 0. The second kappa shape index (κ2) is 5.81. The summed E-state index contributed by atoms with van der Waals surface area (Å²) in [6, 6.07) is 16.1. The summed E-state index contributed by atoms with van der Waals surface area (Å²) in [4.78, 5) is 28.3. The molecule has 4 heteroatoms. The van der Waals surface area contributed by atoms with Crippen LogP contribution in [-0.4, -0.2) is 11.6 Å². The Bertz CT molecular complexity index is 1090. The summed E-state index contributed by atoms with van der Waals surface area (Å²) < 4.78 is 0. The van der Waals surface area contributed by atoms with Crippen molar-refractivity contribution in [3.63, 3.8) is 0 Å². The molecule has 0 atom stereocenters. The van der Waals surface area contributed by atoms with E-state index in [0.29, 0.717) is 33.4 Å². The Morgan fingerprint density at radius 3 is 1.81 bits per heavy atom. The summed E-state index contributed by atoms with van der Waals surface area (Å²) in [5, 5.41) is 9.36. The van der Waals surface area contributed by atoms with Crippen LogP contribution in [0, 0.1) is 17.9 Å². The van der Waals surface area contributed by atoms with Crippen LogP contribution in [0.15, 0.2) is 72.0 Å². The van der Waals surface area contributed by atoms with Crippen molar-refractivity contribution in [1.29, 1.82) is 5.26 Å². The van der Waals surface area contributed by atoms with Crippen LogP contribution in [0.4, 0.5) is 0 Å². The Kier molecular flexibility index (Phi) is 3.46. The van der Waals surface area contributed by atoms with Crippen molar-refractivity contribution < 1.29 is 9.59 Å². The maximum atomic E-state index is 12.5. The molecule has 0 aromatic heterocycles. The highest BCUT2D eigenvalue weighted by Crippen LogP contribution is 2.39. The molecular formula is C22H10N2O2. The Balaban J connectivity index is 2.13. The van der Waals surface area contributed by atoms with Gasteiger partial charge in [-0.05, 0) is 34.4 Å². The average Bonchev–Trinajstić information content (AvgIpc) is 2.69. The molecule has 2 aromatic rings. The second-order valence-corrected chi connectivity index (χ2v) is 5.89. The number of allylic oxidation sites excluding steroid dienone is 6. The monoisotopic (exact) mass is 334 g/mol. The van der Waals surface area contributed by atoms with E-state index < -0.39 is 0 Å². The number of Topliss-reactive ketones (excluding diaryl/α,β-unsaturated/α-hetero) is 2. The van der Waals surface area contributed by atoms with E-state index in [9.17, 15) is 14.9 Å². The topological polar surface area (TPSA) is 62.3 Å². The lowest BCUT2D eigenvalue weighted by atomic mass is 9.80. The molecule has 4 rings (SSSR count). The molecular weight excluding hydrogens is 324 g/mol. The predicted molar refractivity (Wildman–Crippen MR) is 96.7 cm³/mol. The first-order chi connectivity index (χ1) is 12.7. The van der Waals surface area contributed by atoms with Crippen LogP contribution < -0.4 is 0 Å². The van der Waals surface area contributed by atoms with Crippen LogP contribution in [0.25, 0.3) is 16.0 Å². The number of benzene rings is 2. The summed E-state index contributed by atoms with van der Waals surface area (Å²) in [7, 11) is 0. The van der Waals surface area contributed by atoms with Crippen molar-refractivity contribution in [2.45, 2.75) is 0 Å². The first-order valence-corrected chi connectivity index (χ1v) is 7.89. The number of fused-ring (bicyclic) bond motifs is 2. The fourth-order valence-electron chi connectivity index (χ4n) is 3.29. The Hall–Kier alpha value is -4.02. The molecule has 2 aromatic carbocycles. The first-order valence-electron chi connectivity index (χ1n) is 7.89. The number of hydrogen-bond acceptors (Lipinski definition) is 3. The van der Waals surface area contributed by atoms with Gasteiger partial charge in [-0.15, -0.1) is 0 Å². The van der Waals surface area contributed by atoms with Crippen LogP contribution in [0.3, 0.4) is 0 Å². The molecule has 0 unspecified atom stereocenters. The van der Waals surface area contributed by atoms with Gasteiger partial charge in [0.1, 0.15) is 11.6 Å². The summed E-state index contributed by atoms with van der Waals surface area (Å²) in [5.41, 5.74) is 3.67. The zero-order valence-electron chi connectivity index (χ0n) is 13.5. The van der Waals surface area contributed by atoms with Gasteiger partial charge < -0.3 is 4.79 Å². The lowest BCUT2D eigenvalue weighted by Crippen LogP contribution is -2.14. The quantitative estimate of drug-likeness (QED) is 0.677. The zero-order valence-corrected chi connectivity index (χ0v) is 13.5. The van der Waals surface area contributed by atoms with Gasteiger partial charge in [0, 0.05) is 11.1 Å². The van der Waals surface area contributed by atoms with E-state index in [2.05, 4.69) is 4.85 Å². The molecule has 0 saturated heterocycles. The van der Waals surface area contributed by atoms with Gasteiger partial charge in [0.15, 0.2) is 5.78 Å². The lowest BCUT2D eigenvalue weighted by Gasteiger charge is -2.22. The molecule has 0 saturated carbocycles. The van der Waals surface area contributed by atoms with Crippen LogP contribution in [0.5, 0.6) is 0 Å². The molecule has 0 heterocycles. The minimum Gasteiger partial charge on any atom is -0.302 e. The van der Waals surface area contributed by atoms with Gasteiger partial charge in [-0.3, -0.25) is 4.79 Å². The van der Waals surface area contributed by atoms with E-state index in [1.54, 1.807) is 36.4 Å². The summed E-state index contributed by atoms with van der Waals surface area (Å²) >= 11 is 0. The SMILES string of the molecule is [C-]#[N+]C1=C/C(=C2/C=C(C#N)C(=O)c3ccccc32)c2ccccc2C1=O. The van der Waals surface area contributed by atoms with Crippen LogP contribution in [-0.2, 0) is 0 Å². The highest BCUT2D eigenvalue weighted by Gasteiger charge is 2.29. The van der Waals surface area contributed by atoms with Crippen molar-refractivity contribution in [3.05, 3.63) is 106 Å². The lowest BCUT2D eigenvalue weighted by molar-refractivity contribution is 0.102. The van der Waals surface area contributed by atoms with Crippen molar-refractivity contribution in [1.82, 2.24) is 0 Å². The minimum atomic E-state index is -0.318. The highest BCUT2D eigenvalue weighted by molar-refractivity contribution is 6.24. The summed E-state index contributed by atoms with van der Waals surface area (Å²) in [5.74, 6) is -0.633. The van der Waals surface area contributed by atoms with E-state index in [1.807, 2.05) is 30.3 Å². The second-order valence-electron chi connectivity index (χ2n) is 5.89. The van der Waals surface area contributed by atoms with Gasteiger partial charge in [-0.1, -0.05) is 48.5 Å². The molecule has 26 heavy (non-hydrogen) atoms. The van der Waals surface area contributed by atoms with E-state index in [0.717, 1.165) is 0 Å². The molecule has 0 amide bonds. The number of carbonyl (C=O) groups excluding carboxylic acids is 2. The summed E-state index contributed by atoms with van der Waals surface area (Å²) in [6.07, 6.45) is 3.09. The average molecular weight is 334 g/mol. The number of rotatable bonds is 0. The van der Waals surface area contributed by atoms with Crippen LogP contribution in [0.2, 0.25) is 0 Å². The Morgan fingerprint density at radius 1 is 0.769 bits per heavy atom. The first kappa shape index (κ1) is 15.5. The van der Waals surface area contributed by atoms with Gasteiger partial charge in [-0.25, -0.2) is 4.85 Å². The molecule has 4 nitrogen and oxygen atoms in total. The third-order valence-electron chi connectivity index (χ3n) is 4.50. The van der Waals surface area contributed by atoms with Gasteiger partial charge in [0.05, 0.1) is 6.57 Å². The molecule has 0 radical (unpaired) electrons. The van der Waals surface area contributed by atoms with E-state index >= 15 is 0 Å². The van der Waals surface area contributed by atoms with Crippen molar-refractivity contribution in [2.24, 2.45) is 0 Å². The fourth-order valence-corrected chi connectivity index (χ4v) is 3.29. The van der Waals surface area contributed by atoms with E-state index in [1.165, 1.54) is 0 Å². The van der Waals surface area contributed by atoms with E-state index in [4.69, 9.17) is 6.57 Å². The molecule has 0 aliphatic heterocycles. The van der Waals surface area contributed by atoms with Crippen molar-refractivity contribution in [3.8, 4) is 6.07 Å². The summed E-state index contributed by atoms with van der Waals surface area (Å²) in [6.45, 7) is 7.32. The molecule has 120 valence electrons. The Labute approximate surface area is 149 Å². The van der Waals surface area contributed by atoms with Gasteiger partial charge in [-0.2, -0.15) is 5.26 Å². The van der Waals surface area contributed by atoms with Crippen LogP contribution in [0.1, 0.15) is 31.8 Å². The molecule has 0 spiro atoms. The van der Waals surface area contributed by atoms with Crippen molar-refractivity contribution >= 4 is 22.7 Å². The molecule has 2 aliphatic rings. The standard InChI is InChI=1S/C22H10N2O2/c1-24-20-11-19(15-7-3-5-9-17(15)22(20)26)18-10-13(12-23)21(25)16-8-4-2-6-14(16)18/h2-11H/b19-18+. The zero-order chi connectivity index (χ0) is 18.3. The maximum absolute atomic E-state index is 12.5. The normalized spacial score (nSPS) is 18.1. The largest absolute Gasteiger partial charge is 0.302 e. The smallest absolute Gasteiger partial charge is 0.234 e. The molecule has 2 aliphatic carbocycles. The molecule has 0 fully saturated rings. The Morgan fingerprint density at radius 2 is 1.27 bits per heavy atom. The number of nitriles is 1. The van der Waals surface area contributed by atoms with Gasteiger partial charge in [0.25, 0.3) is 0 Å². The predicted octanol–water partition coefficient (Wildman–Crippen LogP) is 4.24. The number of hydrogen-bond donors (Lipinski definition) is 0. The minimum absolute atomic E-state index is 0.0208. The molecule has 0 bridgehead atoms. The number of carbonyl (C=O) groups is 2. The van der Waals surface area contributed by atoms with E-state index in [-0.39, 0.29) is 22.8 Å². The van der Waals surface area contributed by atoms with Gasteiger partial charge >= 0.3 is 0 Å². The van der Waals surface area contributed by atoms with Crippen molar-refractivity contribution in [2.75, 3.05) is 0 Å². The molecule has 0 N–H and O–H groups in total.